The van der Waals surface area contributed by atoms with Gasteiger partial charge in [0.2, 0.25) is 0 Å². The van der Waals surface area contributed by atoms with Crippen LogP contribution < -0.4 is 11.1 Å². The van der Waals surface area contributed by atoms with E-state index in [-0.39, 0.29) is 17.1 Å². The number of anilines is 2. The molecule has 0 spiro atoms. The molecule has 21 heavy (non-hydrogen) atoms. The lowest BCUT2D eigenvalue weighted by molar-refractivity contribution is 0.0998. The van der Waals surface area contributed by atoms with Gasteiger partial charge in [-0.25, -0.2) is 8.78 Å². The first-order valence-electron chi connectivity index (χ1n) is 6.09. The van der Waals surface area contributed by atoms with Gasteiger partial charge in [0.1, 0.15) is 17.2 Å². The number of nitrogens with one attached hydrogen (secondary N) is 1. The van der Waals surface area contributed by atoms with Crippen molar-refractivity contribution in [2.45, 2.75) is 0 Å². The molecule has 0 unspecified atom stereocenters. The highest BCUT2D eigenvalue weighted by Gasteiger charge is 2.15. The summed E-state index contributed by atoms with van der Waals surface area (Å²) in [6.07, 6.45) is 0. The van der Waals surface area contributed by atoms with Crippen molar-refractivity contribution in [1.82, 2.24) is 0 Å². The summed E-state index contributed by atoms with van der Waals surface area (Å²) >= 11 is 0. The summed E-state index contributed by atoms with van der Waals surface area (Å²) in [6, 6.07) is 10.2. The topological polar surface area (TPSA) is 68.3 Å². The van der Waals surface area contributed by atoms with Gasteiger partial charge in [0.15, 0.2) is 5.76 Å². The van der Waals surface area contributed by atoms with E-state index in [0.29, 0.717) is 11.6 Å². The van der Waals surface area contributed by atoms with Gasteiger partial charge in [-0.3, -0.25) is 4.79 Å². The number of fused-ring (bicyclic) bond motifs is 1. The fourth-order valence-electron chi connectivity index (χ4n) is 1.94. The molecule has 1 amide bonds. The summed E-state index contributed by atoms with van der Waals surface area (Å²) in [5.74, 6) is -2.41. The van der Waals surface area contributed by atoms with Crippen LogP contribution in [-0.2, 0) is 0 Å². The average Bonchev–Trinajstić information content (AvgIpc) is 2.88. The van der Waals surface area contributed by atoms with Crippen LogP contribution in [0, 0.1) is 11.6 Å². The fraction of sp³-hybridized carbons (Fsp3) is 0. The number of carbonyl (C=O) groups is 1. The molecule has 0 bridgehead atoms. The number of hydrogen-bond donors (Lipinski definition) is 2. The predicted octanol–water partition coefficient (Wildman–Crippen LogP) is 3.55. The monoisotopic (exact) mass is 288 g/mol. The zero-order chi connectivity index (χ0) is 15.0. The largest absolute Gasteiger partial charge is 0.451 e. The number of halogens is 2. The smallest absolute Gasteiger partial charge is 0.291 e. The molecule has 3 rings (SSSR count). The number of nitrogens with two attached hydrogens (primary N) is 1. The Morgan fingerprint density at radius 2 is 1.86 bits per heavy atom. The first-order chi connectivity index (χ1) is 10.0. The van der Waals surface area contributed by atoms with Crippen LogP contribution in [0.2, 0.25) is 0 Å². The molecule has 6 heteroatoms. The molecule has 1 heterocycles. The molecule has 0 atom stereocenters. The predicted molar refractivity (Wildman–Crippen MR) is 74.9 cm³/mol. The van der Waals surface area contributed by atoms with Gasteiger partial charge in [-0.2, -0.15) is 0 Å². The molecule has 2 aromatic carbocycles. The van der Waals surface area contributed by atoms with E-state index in [2.05, 4.69) is 5.32 Å². The van der Waals surface area contributed by atoms with Gasteiger partial charge in [0.25, 0.3) is 5.91 Å². The molecule has 4 nitrogen and oxygen atoms in total. The Morgan fingerprint density at radius 3 is 2.62 bits per heavy atom. The quantitative estimate of drug-likeness (QED) is 0.709. The van der Waals surface area contributed by atoms with Crippen molar-refractivity contribution in [3.8, 4) is 0 Å². The standard InChI is InChI=1S/C15H10F2N2O2/c16-9-6-10(17)12(7-11(9)18)19-15(20)14-5-8-3-1-2-4-13(8)21-14/h1-7H,18H2,(H,19,20). The van der Waals surface area contributed by atoms with Crippen molar-refractivity contribution in [3.05, 3.63) is 59.9 Å². The van der Waals surface area contributed by atoms with Crippen molar-refractivity contribution in [2.75, 3.05) is 11.1 Å². The zero-order valence-corrected chi connectivity index (χ0v) is 10.7. The van der Waals surface area contributed by atoms with E-state index < -0.39 is 17.5 Å². The maximum Gasteiger partial charge on any atom is 0.291 e. The van der Waals surface area contributed by atoms with Crippen LogP contribution >= 0.6 is 0 Å². The third-order valence-electron chi connectivity index (χ3n) is 2.98. The zero-order valence-electron chi connectivity index (χ0n) is 10.7. The molecule has 0 aliphatic carbocycles. The first-order valence-corrected chi connectivity index (χ1v) is 6.09. The molecular weight excluding hydrogens is 278 g/mol. The summed E-state index contributed by atoms with van der Waals surface area (Å²) in [4.78, 5) is 12.0. The van der Waals surface area contributed by atoms with Crippen LogP contribution in [0.1, 0.15) is 10.6 Å². The Bertz CT molecular complexity index is 810. The highest BCUT2D eigenvalue weighted by Crippen LogP contribution is 2.23. The Kier molecular flexibility index (Phi) is 3.06. The first kappa shape index (κ1) is 13.1. The van der Waals surface area contributed by atoms with E-state index in [1.54, 1.807) is 24.3 Å². The lowest BCUT2D eigenvalue weighted by atomic mass is 10.2. The normalized spacial score (nSPS) is 10.8. The summed E-state index contributed by atoms with van der Waals surface area (Å²) < 4.78 is 32.0. The Balaban J connectivity index is 1.91. The lowest BCUT2D eigenvalue weighted by Crippen LogP contribution is -2.12. The van der Waals surface area contributed by atoms with Crippen LogP contribution in [0.4, 0.5) is 20.2 Å². The average molecular weight is 288 g/mol. The van der Waals surface area contributed by atoms with Crippen molar-refractivity contribution in [2.24, 2.45) is 0 Å². The maximum atomic E-state index is 13.6. The molecule has 0 radical (unpaired) electrons. The number of nitrogen functional groups attached to an aromatic ring is 1. The summed E-state index contributed by atoms with van der Waals surface area (Å²) in [7, 11) is 0. The summed E-state index contributed by atoms with van der Waals surface area (Å²) in [5, 5.41) is 3.05. The van der Waals surface area contributed by atoms with Crippen LogP contribution in [0.3, 0.4) is 0 Å². The molecule has 1 aromatic heterocycles. The maximum absolute atomic E-state index is 13.6. The minimum Gasteiger partial charge on any atom is -0.451 e. The molecule has 0 saturated heterocycles. The van der Waals surface area contributed by atoms with Crippen molar-refractivity contribution >= 4 is 28.3 Å². The van der Waals surface area contributed by atoms with Gasteiger partial charge in [0, 0.05) is 11.5 Å². The van der Waals surface area contributed by atoms with E-state index in [1.807, 2.05) is 0 Å². The number of para-hydroxylation sites is 1. The van der Waals surface area contributed by atoms with Crippen LogP contribution in [0.25, 0.3) is 11.0 Å². The number of amides is 1. The van der Waals surface area contributed by atoms with Crippen molar-refractivity contribution < 1.29 is 18.0 Å². The third-order valence-corrected chi connectivity index (χ3v) is 2.98. The Morgan fingerprint density at radius 1 is 1.10 bits per heavy atom. The van der Waals surface area contributed by atoms with Gasteiger partial charge in [0.05, 0.1) is 11.4 Å². The number of benzene rings is 2. The second kappa shape index (κ2) is 4.90. The summed E-state index contributed by atoms with van der Waals surface area (Å²) in [5.41, 5.74) is 5.43. The molecule has 0 aliphatic rings. The molecule has 3 aromatic rings. The second-order valence-electron chi connectivity index (χ2n) is 4.46. The fourth-order valence-corrected chi connectivity index (χ4v) is 1.94. The van der Waals surface area contributed by atoms with Gasteiger partial charge >= 0.3 is 0 Å². The molecule has 3 N–H and O–H groups in total. The van der Waals surface area contributed by atoms with Gasteiger partial charge in [-0.05, 0) is 18.2 Å². The molecule has 0 saturated carbocycles. The van der Waals surface area contributed by atoms with E-state index in [1.165, 1.54) is 6.07 Å². The van der Waals surface area contributed by atoms with Crippen molar-refractivity contribution in [3.63, 3.8) is 0 Å². The van der Waals surface area contributed by atoms with Crippen LogP contribution in [0.15, 0.2) is 46.9 Å². The molecular formula is C15H10F2N2O2. The number of carbonyl (C=O) groups excluding carboxylic acids is 1. The van der Waals surface area contributed by atoms with Gasteiger partial charge < -0.3 is 15.5 Å². The SMILES string of the molecule is Nc1cc(NC(=O)c2cc3ccccc3o2)c(F)cc1F. The van der Waals surface area contributed by atoms with E-state index in [0.717, 1.165) is 11.5 Å². The lowest BCUT2D eigenvalue weighted by Gasteiger charge is -2.06. The van der Waals surface area contributed by atoms with E-state index >= 15 is 0 Å². The van der Waals surface area contributed by atoms with Crippen molar-refractivity contribution in [1.29, 1.82) is 0 Å². The van der Waals surface area contributed by atoms with Crippen LogP contribution in [0.5, 0.6) is 0 Å². The van der Waals surface area contributed by atoms with E-state index in [4.69, 9.17) is 10.2 Å². The van der Waals surface area contributed by atoms with E-state index in [9.17, 15) is 13.6 Å². The minimum absolute atomic E-state index is 0.0264. The molecule has 106 valence electrons. The Hall–Kier alpha value is -2.89. The molecule has 0 aliphatic heterocycles. The van der Waals surface area contributed by atoms with Crippen LogP contribution in [-0.4, -0.2) is 5.91 Å². The highest BCUT2D eigenvalue weighted by molar-refractivity contribution is 6.04. The third kappa shape index (κ3) is 2.43. The second-order valence-corrected chi connectivity index (χ2v) is 4.46. The van der Waals surface area contributed by atoms with Gasteiger partial charge in [-0.1, -0.05) is 18.2 Å². The Labute approximate surface area is 118 Å². The minimum atomic E-state index is -0.911. The number of hydrogen-bond acceptors (Lipinski definition) is 3. The van der Waals surface area contributed by atoms with Gasteiger partial charge in [-0.15, -0.1) is 0 Å². The molecule has 0 fully saturated rings. The summed E-state index contributed by atoms with van der Waals surface area (Å²) in [6.45, 7) is 0. The number of rotatable bonds is 2. The highest BCUT2D eigenvalue weighted by atomic mass is 19.1. The number of furan rings is 1.